The van der Waals surface area contributed by atoms with Crippen molar-refractivity contribution in [2.45, 2.75) is 45.1 Å². The molecule has 3 rings (SSSR count). The maximum Gasteiger partial charge on any atom is 0.325 e. The van der Waals surface area contributed by atoms with Crippen LogP contribution in [0.15, 0.2) is 22.7 Å². The zero-order chi connectivity index (χ0) is 18.2. The van der Waals surface area contributed by atoms with E-state index in [1.54, 1.807) is 6.07 Å². The van der Waals surface area contributed by atoms with Crippen molar-refractivity contribution in [2.75, 3.05) is 11.9 Å². The lowest BCUT2D eigenvalue weighted by Crippen LogP contribution is -2.54. The molecule has 0 bridgehead atoms. The molecule has 1 aliphatic heterocycles. The highest BCUT2D eigenvalue weighted by atomic mass is 79.9. The standard InChI is InChI=1S/C18H22BrN3O3/c1-11-9-13(19)6-7-14(11)20-15(23)10-22-16(24)18(21-17(22)25)8-4-3-5-12(18)2/h6-7,9,12H,3-5,8,10H2,1-2H3,(H,20,23)(H,21,25)/t12-,18+/m1/s1. The lowest BCUT2D eigenvalue weighted by atomic mass is 9.73. The molecule has 1 aliphatic carbocycles. The maximum absolute atomic E-state index is 12.9. The summed E-state index contributed by atoms with van der Waals surface area (Å²) in [7, 11) is 0. The van der Waals surface area contributed by atoms with Gasteiger partial charge in [0, 0.05) is 10.2 Å². The van der Waals surface area contributed by atoms with Crippen LogP contribution in [0.3, 0.4) is 0 Å². The van der Waals surface area contributed by atoms with Crippen LogP contribution < -0.4 is 10.6 Å². The highest BCUT2D eigenvalue weighted by Crippen LogP contribution is 2.38. The van der Waals surface area contributed by atoms with Crippen LogP contribution in [0.25, 0.3) is 0 Å². The number of amides is 4. The molecule has 0 unspecified atom stereocenters. The number of rotatable bonds is 3. The van der Waals surface area contributed by atoms with Gasteiger partial charge >= 0.3 is 6.03 Å². The van der Waals surface area contributed by atoms with Crippen LogP contribution in [0.1, 0.15) is 38.2 Å². The summed E-state index contributed by atoms with van der Waals surface area (Å²) in [6, 6.07) is 5.03. The first-order valence-electron chi connectivity index (χ1n) is 8.53. The van der Waals surface area contributed by atoms with Gasteiger partial charge in [-0.25, -0.2) is 4.79 Å². The first kappa shape index (κ1) is 17.9. The average molecular weight is 408 g/mol. The fourth-order valence-corrected chi connectivity index (χ4v) is 4.22. The van der Waals surface area contributed by atoms with Crippen LogP contribution in [0.2, 0.25) is 0 Å². The van der Waals surface area contributed by atoms with Gasteiger partial charge in [-0.1, -0.05) is 35.7 Å². The van der Waals surface area contributed by atoms with Crippen molar-refractivity contribution >= 4 is 39.5 Å². The summed E-state index contributed by atoms with van der Waals surface area (Å²) in [4.78, 5) is 38.6. The van der Waals surface area contributed by atoms with E-state index in [4.69, 9.17) is 0 Å². The molecule has 4 amide bonds. The van der Waals surface area contributed by atoms with Crippen molar-refractivity contribution in [1.29, 1.82) is 0 Å². The van der Waals surface area contributed by atoms with E-state index in [1.165, 1.54) is 0 Å². The van der Waals surface area contributed by atoms with Crippen molar-refractivity contribution in [3.05, 3.63) is 28.2 Å². The number of anilines is 1. The fraction of sp³-hybridized carbons (Fsp3) is 0.500. The van der Waals surface area contributed by atoms with Gasteiger partial charge in [-0.2, -0.15) is 0 Å². The molecule has 2 N–H and O–H groups in total. The number of aryl methyl sites for hydroxylation is 1. The van der Waals surface area contributed by atoms with Gasteiger partial charge in [-0.15, -0.1) is 0 Å². The topological polar surface area (TPSA) is 78.5 Å². The first-order valence-corrected chi connectivity index (χ1v) is 9.33. The number of halogens is 1. The quantitative estimate of drug-likeness (QED) is 0.755. The number of carbonyl (C=O) groups is 3. The van der Waals surface area contributed by atoms with E-state index in [9.17, 15) is 14.4 Å². The second-order valence-electron chi connectivity index (χ2n) is 6.95. The van der Waals surface area contributed by atoms with Crippen molar-refractivity contribution in [1.82, 2.24) is 10.2 Å². The van der Waals surface area contributed by atoms with Gasteiger partial charge in [0.25, 0.3) is 5.91 Å². The highest BCUT2D eigenvalue weighted by molar-refractivity contribution is 9.10. The molecule has 1 saturated heterocycles. The summed E-state index contributed by atoms with van der Waals surface area (Å²) >= 11 is 3.38. The second-order valence-corrected chi connectivity index (χ2v) is 7.86. The van der Waals surface area contributed by atoms with Gasteiger partial charge in [0.2, 0.25) is 5.91 Å². The Hall–Kier alpha value is -1.89. The number of imide groups is 1. The zero-order valence-corrected chi connectivity index (χ0v) is 16.0. The summed E-state index contributed by atoms with van der Waals surface area (Å²) in [6.45, 7) is 3.60. The molecule has 0 aromatic heterocycles. The summed E-state index contributed by atoms with van der Waals surface area (Å²) in [5, 5.41) is 5.63. The van der Waals surface area contributed by atoms with Crippen LogP contribution >= 0.6 is 15.9 Å². The van der Waals surface area contributed by atoms with E-state index >= 15 is 0 Å². The van der Waals surface area contributed by atoms with Gasteiger partial charge in [0.15, 0.2) is 0 Å². The molecule has 0 radical (unpaired) electrons. The number of hydrogen-bond acceptors (Lipinski definition) is 3. The Kier molecular flexibility index (Phi) is 4.86. The predicted molar refractivity (Wildman–Crippen MR) is 98.1 cm³/mol. The Morgan fingerprint density at radius 2 is 2.16 bits per heavy atom. The van der Waals surface area contributed by atoms with E-state index < -0.39 is 11.6 Å². The first-order chi connectivity index (χ1) is 11.8. The summed E-state index contributed by atoms with van der Waals surface area (Å²) < 4.78 is 0.922. The van der Waals surface area contributed by atoms with Gasteiger partial charge < -0.3 is 10.6 Å². The SMILES string of the molecule is Cc1cc(Br)ccc1NC(=O)CN1C(=O)N[C@]2(CCCC[C@H]2C)C1=O. The molecule has 2 aliphatic rings. The molecule has 134 valence electrons. The molecule has 1 spiro atoms. The number of nitrogens with one attached hydrogen (secondary N) is 2. The minimum atomic E-state index is -0.830. The number of benzene rings is 1. The third-order valence-electron chi connectivity index (χ3n) is 5.27. The largest absolute Gasteiger partial charge is 0.325 e. The smallest absolute Gasteiger partial charge is 0.324 e. The molecule has 2 atom stereocenters. The van der Waals surface area contributed by atoms with E-state index in [2.05, 4.69) is 26.6 Å². The van der Waals surface area contributed by atoms with Crippen molar-refractivity contribution < 1.29 is 14.4 Å². The number of hydrogen-bond donors (Lipinski definition) is 2. The number of carbonyl (C=O) groups excluding carboxylic acids is 3. The monoisotopic (exact) mass is 407 g/mol. The molecule has 25 heavy (non-hydrogen) atoms. The van der Waals surface area contributed by atoms with Gasteiger partial charge in [0.1, 0.15) is 12.1 Å². The van der Waals surface area contributed by atoms with Gasteiger partial charge in [-0.3, -0.25) is 14.5 Å². The second kappa shape index (κ2) is 6.78. The summed E-state index contributed by atoms with van der Waals surface area (Å²) in [5.74, 6) is -0.568. The molecule has 1 aromatic rings. The molecule has 1 aromatic carbocycles. The molecular weight excluding hydrogens is 386 g/mol. The molecule has 1 heterocycles. The molecule has 7 heteroatoms. The predicted octanol–water partition coefficient (Wildman–Crippen LogP) is 3.20. The van der Waals surface area contributed by atoms with E-state index in [0.717, 1.165) is 34.2 Å². The summed E-state index contributed by atoms with van der Waals surface area (Å²) in [5.41, 5.74) is 0.738. The van der Waals surface area contributed by atoms with Crippen molar-refractivity contribution in [2.24, 2.45) is 5.92 Å². The Labute approximate surface area is 155 Å². The Morgan fingerprint density at radius 3 is 2.84 bits per heavy atom. The normalized spacial score (nSPS) is 26.0. The van der Waals surface area contributed by atoms with Crippen LogP contribution in [-0.4, -0.2) is 34.8 Å². The Balaban J connectivity index is 1.71. The summed E-state index contributed by atoms with van der Waals surface area (Å²) in [6.07, 6.45) is 3.52. The Morgan fingerprint density at radius 1 is 1.40 bits per heavy atom. The average Bonchev–Trinajstić information content (AvgIpc) is 2.78. The van der Waals surface area contributed by atoms with E-state index in [-0.39, 0.29) is 24.3 Å². The van der Waals surface area contributed by atoms with E-state index in [0.29, 0.717) is 12.1 Å². The van der Waals surface area contributed by atoms with Crippen molar-refractivity contribution in [3.8, 4) is 0 Å². The van der Waals surface area contributed by atoms with Crippen molar-refractivity contribution in [3.63, 3.8) is 0 Å². The number of urea groups is 1. The minimum Gasteiger partial charge on any atom is -0.324 e. The van der Waals surface area contributed by atoms with Gasteiger partial charge in [0.05, 0.1) is 0 Å². The fourth-order valence-electron chi connectivity index (χ4n) is 3.74. The molecule has 6 nitrogen and oxygen atoms in total. The molecule has 2 fully saturated rings. The lowest BCUT2D eigenvalue weighted by Gasteiger charge is -2.36. The third kappa shape index (κ3) is 3.29. The van der Waals surface area contributed by atoms with Crippen LogP contribution in [-0.2, 0) is 9.59 Å². The van der Waals surface area contributed by atoms with Gasteiger partial charge in [-0.05, 0) is 49.4 Å². The number of nitrogens with zero attached hydrogens (tertiary/aromatic N) is 1. The lowest BCUT2D eigenvalue weighted by molar-refractivity contribution is -0.136. The molecule has 1 saturated carbocycles. The maximum atomic E-state index is 12.9. The zero-order valence-electron chi connectivity index (χ0n) is 14.4. The van der Waals surface area contributed by atoms with Crippen LogP contribution in [0.4, 0.5) is 10.5 Å². The third-order valence-corrected chi connectivity index (χ3v) is 5.76. The highest BCUT2D eigenvalue weighted by Gasteiger charge is 2.55. The van der Waals surface area contributed by atoms with Crippen LogP contribution in [0.5, 0.6) is 0 Å². The Bertz CT molecular complexity index is 736. The van der Waals surface area contributed by atoms with E-state index in [1.807, 2.05) is 26.0 Å². The van der Waals surface area contributed by atoms with Crippen LogP contribution in [0, 0.1) is 12.8 Å². The molecular formula is C18H22BrN3O3. The minimum absolute atomic E-state index is 0.0829.